The minimum atomic E-state index is -0.413. The van der Waals surface area contributed by atoms with Crippen LogP contribution in [0.1, 0.15) is 36.5 Å². The normalized spacial score (nSPS) is 19.6. The summed E-state index contributed by atoms with van der Waals surface area (Å²) in [5.41, 5.74) is 0.987. The summed E-state index contributed by atoms with van der Waals surface area (Å²) in [6, 6.07) is 4.98. The first-order valence-corrected chi connectivity index (χ1v) is 6.13. The fourth-order valence-electron chi connectivity index (χ4n) is 2.46. The quantitative estimate of drug-likeness (QED) is 0.468. The lowest BCUT2D eigenvalue weighted by molar-refractivity contribution is -0.384. The van der Waals surface area contributed by atoms with E-state index < -0.39 is 4.92 Å². The molecular weight excluding hydrogens is 232 g/mol. The van der Waals surface area contributed by atoms with Crippen LogP contribution in [0.15, 0.2) is 18.2 Å². The highest BCUT2D eigenvalue weighted by atomic mass is 16.6. The zero-order valence-corrected chi connectivity index (χ0v) is 10.3. The van der Waals surface area contributed by atoms with E-state index >= 15 is 0 Å². The molecule has 1 aliphatic rings. The van der Waals surface area contributed by atoms with Crippen molar-refractivity contribution in [1.29, 1.82) is 0 Å². The Hall–Kier alpha value is -1.91. The number of rotatable bonds is 3. The highest BCUT2D eigenvalue weighted by Crippen LogP contribution is 2.33. The van der Waals surface area contributed by atoms with Crippen LogP contribution in [0.25, 0.3) is 0 Å². The molecule has 0 aliphatic carbocycles. The number of piperidine rings is 1. The lowest BCUT2D eigenvalue weighted by Gasteiger charge is -2.34. The Morgan fingerprint density at radius 1 is 1.44 bits per heavy atom. The summed E-state index contributed by atoms with van der Waals surface area (Å²) >= 11 is 0. The van der Waals surface area contributed by atoms with Crippen LogP contribution < -0.4 is 4.90 Å². The van der Waals surface area contributed by atoms with Gasteiger partial charge in [-0.15, -0.1) is 0 Å². The van der Waals surface area contributed by atoms with Gasteiger partial charge in [-0.2, -0.15) is 0 Å². The average molecular weight is 248 g/mol. The molecule has 0 N–H and O–H groups in total. The molecule has 1 fully saturated rings. The van der Waals surface area contributed by atoms with Crippen molar-refractivity contribution >= 4 is 17.7 Å². The van der Waals surface area contributed by atoms with E-state index in [1.807, 2.05) is 0 Å². The maximum atomic E-state index is 11.1. The van der Waals surface area contributed by atoms with E-state index in [9.17, 15) is 14.9 Å². The number of benzene rings is 1. The molecule has 18 heavy (non-hydrogen) atoms. The maximum Gasteiger partial charge on any atom is 0.293 e. The van der Waals surface area contributed by atoms with Gasteiger partial charge in [-0.05, 0) is 38.3 Å². The minimum Gasteiger partial charge on any atom is -0.363 e. The first-order chi connectivity index (χ1) is 8.63. The largest absolute Gasteiger partial charge is 0.363 e. The number of hydrogen-bond acceptors (Lipinski definition) is 4. The Morgan fingerprint density at radius 2 is 2.22 bits per heavy atom. The van der Waals surface area contributed by atoms with Crippen LogP contribution in [0.5, 0.6) is 0 Å². The lowest BCUT2D eigenvalue weighted by Crippen LogP contribution is -2.37. The Kier molecular flexibility index (Phi) is 3.60. The molecule has 0 aromatic heterocycles. The molecule has 0 bridgehead atoms. The van der Waals surface area contributed by atoms with Crippen LogP contribution in [-0.4, -0.2) is 23.8 Å². The second-order valence-corrected chi connectivity index (χ2v) is 4.66. The van der Waals surface area contributed by atoms with Gasteiger partial charge in [-0.1, -0.05) is 0 Å². The highest BCUT2D eigenvalue weighted by Gasteiger charge is 2.25. The summed E-state index contributed by atoms with van der Waals surface area (Å²) in [5, 5.41) is 11.1. The summed E-state index contributed by atoms with van der Waals surface area (Å²) in [6.07, 6.45) is 3.90. The second kappa shape index (κ2) is 5.16. The third-order valence-corrected chi connectivity index (χ3v) is 3.44. The molecule has 1 aromatic rings. The predicted octanol–water partition coefficient (Wildman–Crippen LogP) is 2.79. The van der Waals surface area contributed by atoms with Gasteiger partial charge in [0.2, 0.25) is 0 Å². The zero-order chi connectivity index (χ0) is 13.1. The van der Waals surface area contributed by atoms with Gasteiger partial charge in [0.15, 0.2) is 0 Å². The monoisotopic (exact) mass is 248 g/mol. The number of anilines is 1. The Morgan fingerprint density at radius 3 is 2.83 bits per heavy atom. The standard InChI is InChI=1S/C13H16N2O3/c1-10-4-2-3-7-14(10)12-6-5-11(9-16)8-13(12)15(17)18/h5-6,8-10H,2-4,7H2,1H3. The van der Waals surface area contributed by atoms with E-state index in [0.717, 1.165) is 25.8 Å². The van der Waals surface area contributed by atoms with Gasteiger partial charge in [0.1, 0.15) is 12.0 Å². The molecule has 1 atom stereocenters. The van der Waals surface area contributed by atoms with Gasteiger partial charge in [-0.3, -0.25) is 14.9 Å². The number of hydrogen-bond donors (Lipinski definition) is 0. The van der Waals surface area contributed by atoms with E-state index in [0.29, 0.717) is 23.6 Å². The average Bonchev–Trinajstić information content (AvgIpc) is 2.38. The van der Waals surface area contributed by atoms with E-state index in [2.05, 4.69) is 11.8 Å². The third kappa shape index (κ3) is 2.34. The van der Waals surface area contributed by atoms with Crippen LogP contribution in [0, 0.1) is 10.1 Å². The van der Waals surface area contributed by atoms with Crippen molar-refractivity contribution in [2.75, 3.05) is 11.4 Å². The molecule has 0 radical (unpaired) electrons. The molecule has 1 heterocycles. The van der Waals surface area contributed by atoms with E-state index in [-0.39, 0.29) is 5.69 Å². The summed E-state index contributed by atoms with van der Waals surface area (Å²) in [4.78, 5) is 23.5. The van der Waals surface area contributed by atoms with Crippen molar-refractivity contribution < 1.29 is 9.72 Å². The van der Waals surface area contributed by atoms with Crippen LogP contribution in [-0.2, 0) is 0 Å². The molecule has 0 amide bonds. The molecule has 1 aliphatic heterocycles. The highest BCUT2D eigenvalue weighted by molar-refractivity contribution is 5.79. The summed E-state index contributed by atoms with van der Waals surface area (Å²) in [5.74, 6) is 0. The Bertz CT molecular complexity index is 473. The van der Waals surface area contributed by atoms with Crippen molar-refractivity contribution in [2.24, 2.45) is 0 Å². The number of nitro groups is 1. The number of nitrogens with zero attached hydrogens (tertiary/aromatic N) is 2. The number of carbonyl (C=O) groups is 1. The molecule has 1 unspecified atom stereocenters. The molecular formula is C13H16N2O3. The van der Waals surface area contributed by atoms with E-state index in [1.54, 1.807) is 12.1 Å². The molecule has 96 valence electrons. The van der Waals surface area contributed by atoms with Crippen LogP contribution in [0.3, 0.4) is 0 Å². The fourth-order valence-corrected chi connectivity index (χ4v) is 2.46. The van der Waals surface area contributed by atoms with Crippen LogP contribution in [0.4, 0.5) is 11.4 Å². The Labute approximate surface area is 106 Å². The van der Waals surface area contributed by atoms with Crippen molar-refractivity contribution in [3.05, 3.63) is 33.9 Å². The summed E-state index contributed by atoms with van der Waals surface area (Å²) in [7, 11) is 0. The van der Waals surface area contributed by atoms with Gasteiger partial charge >= 0.3 is 0 Å². The Balaban J connectivity index is 2.42. The van der Waals surface area contributed by atoms with Gasteiger partial charge in [0.25, 0.3) is 5.69 Å². The van der Waals surface area contributed by atoms with E-state index in [1.165, 1.54) is 6.07 Å². The van der Waals surface area contributed by atoms with Gasteiger partial charge in [0.05, 0.1) is 4.92 Å². The van der Waals surface area contributed by atoms with Gasteiger partial charge in [0, 0.05) is 24.2 Å². The zero-order valence-electron chi connectivity index (χ0n) is 10.3. The van der Waals surface area contributed by atoms with Gasteiger partial charge in [-0.25, -0.2) is 0 Å². The molecule has 1 saturated heterocycles. The first kappa shape index (κ1) is 12.5. The SMILES string of the molecule is CC1CCCCN1c1ccc(C=O)cc1[N+](=O)[O-]. The second-order valence-electron chi connectivity index (χ2n) is 4.66. The number of aldehydes is 1. The van der Waals surface area contributed by atoms with Crippen molar-refractivity contribution in [2.45, 2.75) is 32.2 Å². The first-order valence-electron chi connectivity index (χ1n) is 6.13. The molecule has 5 heteroatoms. The summed E-state index contributed by atoms with van der Waals surface area (Å²) < 4.78 is 0. The third-order valence-electron chi connectivity index (χ3n) is 3.44. The molecule has 2 rings (SSSR count). The van der Waals surface area contributed by atoms with Crippen molar-refractivity contribution in [1.82, 2.24) is 0 Å². The molecule has 0 spiro atoms. The number of nitro benzene ring substituents is 1. The number of carbonyl (C=O) groups excluding carboxylic acids is 1. The van der Waals surface area contributed by atoms with Crippen molar-refractivity contribution in [3.8, 4) is 0 Å². The fraction of sp³-hybridized carbons (Fsp3) is 0.462. The van der Waals surface area contributed by atoms with E-state index in [4.69, 9.17) is 0 Å². The molecule has 5 nitrogen and oxygen atoms in total. The topological polar surface area (TPSA) is 63.5 Å². The van der Waals surface area contributed by atoms with Crippen LogP contribution in [0.2, 0.25) is 0 Å². The smallest absolute Gasteiger partial charge is 0.293 e. The van der Waals surface area contributed by atoms with Crippen LogP contribution >= 0.6 is 0 Å². The minimum absolute atomic E-state index is 0.0216. The summed E-state index contributed by atoms with van der Waals surface area (Å²) in [6.45, 7) is 2.92. The lowest BCUT2D eigenvalue weighted by atomic mass is 10.0. The maximum absolute atomic E-state index is 11.1. The van der Waals surface area contributed by atoms with Gasteiger partial charge < -0.3 is 4.90 Å². The molecule has 1 aromatic carbocycles. The van der Waals surface area contributed by atoms with Crippen molar-refractivity contribution in [3.63, 3.8) is 0 Å². The molecule has 0 saturated carbocycles. The predicted molar refractivity (Wildman–Crippen MR) is 69.1 cm³/mol.